The molecule has 4 nitrogen and oxygen atoms in total. The second-order valence-corrected chi connectivity index (χ2v) is 4.00. The lowest BCUT2D eigenvalue weighted by Crippen LogP contribution is -2.26. The van der Waals surface area contributed by atoms with E-state index in [0.29, 0.717) is 19.3 Å². The number of carboxylic acid groups (broad SMARTS) is 1. The summed E-state index contributed by atoms with van der Waals surface area (Å²) in [7, 11) is 0. The molecule has 0 spiro atoms. The third-order valence-electron chi connectivity index (χ3n) is 2.53. The molecular weight excluding hydrogens is 196 g/mol. The van der Waals surface area contributed by atoms with Crippen molar-refractivity contribution in [2.24, 2.45) is 0 Å². The summed E-state index contributed by atoms with van der Waals surface area (Å²) in [5, 5.41) is 26.9. The summed E-state index contributed by atoms with van der Waals surface area (Å²) in [4.78, 5) is 10.2. The number of aliphatic hydroxyl groups is 2. The average Bonchev–Trinajstić information content (AvgIpc) is 2.16. The van der Waals surface area contributed by atoms with Gasteiger partial charge in [-0.3, -0.25) is 4.79 Å². The Morgan fingerprint density at radius 1 is 1.07 bits per heavy atom. The highest BCUT2D eigenvalue weighted by Crippen LogP contribution is 2.16. The van der Waals surface area contributed by atoms with E-state index >= 15 is 0 Å². The summed E-state index contributed by atoms with van der Waals surface area (Å²) in [6.45, 7) is 1.74. The Hall–Kier alpha value is -0.610. The first-order valence-corrected chi connectivity index (χ1v) is 5.64. The summed E-state index contributed by atoms with van der Waals surface area (Å²) < 4.78 is 0. The second-order valence-electron chi connectivity index (χ2n) is 4.00. The standard InChI is InChI=1S/C11H22O4/c1-2-11(14,15)9-7-5-3-4-6-8-10(12)13/h14-15H,2-9H2,1H3,(H,12,13). The van der Waals surface area contributed by atoms with Crippen molar-refractivity contribution in [1.82, 2.24) is 0 Å². The van der Waals surface area contributed by atoms with Crippen molar-refractivity contribution in [2.45, 2.75) is 64.1 Å². The molecule has 0 heterocycles. The van der Waals surface area contributed by atoms with Crippen molar-refractivity contribution in [3.63, 3.8) is 0 Å². The number of unbranched alkanes of at least 4 members (excludes halogenated alkanes) is 4. The molecule has 0 amide bonds. The fourth-order valence-electron chi connectivity index (χ4n) is 1.39. The van der Waals surface area contributed by atoms with Crippen LogP contribution in [0.5, 0.6) is 0 Å². The molecule has 0 saturated heterocycles. The molecule has 0 saturated carbocycles. The van der Waals surface area contributed by atoms with E-state index < -0.39 is 11.8 Å². The van der Waals surface area contributed by atoms with Crippen LogP contribution < -0.4 is 0 Å². The van der Waals surface area contributed by atoms with Gasteiger partial charge in [-0.15, -0.1) is 0 Å². The van der Waals surface area contributed by atoms with Crippen molar-refractivity contribution >= 4 is 5.97 Å². The summed E-state index contributed by atoms with van der Waals surface area (Å²) in [5.74, 6) is -2.26. The van der Waals surface area contributed by atoms with E-state index in [-0.39, 0.29) is 6.42 Å². The zero-order valence-corrected chi connectivity index (χ0v) is 9.41. The van der Waals surface area contributed by atoms with E-state index in [4.69, 9.17) is 5.11 Å². The van der Waals surface area contributed by atoms with E-state index in [1.54, 1.807) is 6.92 Å². The predicted molar refractivity (Wildman–Crippen MR) is 57.4 cm³/mol. The molecule has 0 aliphatic rings. The zero-order chi connectivity index (χ0) is 11.7. The number of aliphatic carboxylic acids is 1. The maximum atomic E-state index is 10.2. The highest BCUT2D eigenvalue weighted by Gasteiger charge is 2.18. The fourth-order valence-corrected chi connectivity index (χ4v) is 1.39. The maximum Gasteiger partial charge on any atom is 0.303 e. The van der Waals surface area contributed by atoms with Gasteiger partial charge in [-0.25, -0.2) is 0 Å². The van der Waals surface area contributed by atoms with Crippen molar-refractivity contribution in [3.05, 3.63) is 0 Å². The largest absolute Gasteiger partial charge is 0.481 e. The van der Waals surface area contributed by atoms with Crippen molar-refractivity contribution in [1.29, 1.82) is 0 Å². The van der Waals surface area contributed by atoms with Gasteiger partial charge in [0.15, 0.2) is 5.79 Å². The van der Waals surface area contributed by atoms with Gasteiger partial charge in [0.25, 0.3) is 0 Å². The summed E-state index contributed by atoms with van der Waals surface area (Å²) >= 11 is 0. The van der Waals surface area contributed by atoms with Crippen molar-refractivity contribution < 1.29 is 20.1 Å². The Labute approximate surface area is 90.9 Å². The van der Waals surface area contributed by atoms with E-state index in [9.17, 15) is 15.0 Å². The molecule has 0 fully saturated rings. The van der Waals surface area contributed by atoms with Crippen LogP contribution in [0, 0.1) is 0 Å². The van der Waals surface area contributed by atoms with E-state index in [1.807, 2.05) is 0 Å². The van der Waals surface area contributed by atoms with Crippen LogP contribution in [0.25, 0.3) is 0 Å². The summed E-state index contributed by atoms with van der Waals surface area (Å²) in [5.41, 5.74) is 0. The maximum absolute atomic E-state index is 10.2. The van der Waals surface area contributed by atoms with E-state index in [1.165, 1.54) is 0 Å². The third-order valence-corrected chi connectivity index (χ3v) is 2.53. The van der Waals surface area contributed by atoms with Crippen LogP contribution in [0.2, 0.25) is 0 Å². The lowest BCUT2D eigenvalue weighted by atomic mass is 10.0. The van der Waals surface area contributed by atoms with Crippen molar-refractivity contribution in [2.75, 3.05) is 0 Å². The Morgan fingerprint density at radius 2 is 1.60 bits per heavy atom. The first-order chi connectivity index (χ1) is 6.98. The molecule has 0 unspecified atom stereocenters. The minimum atomic E-state index is -1.51. The van der Waals surface area contributed by atoms with Gasteiger partial charge in [0, 0.05) is 12.8 Å². The molecule has 0 aromatic rings. The van der Waals surface area contributed by atoms with Crippen LogP contribution in [-0.4, -0.2) is 27.1 Å². The summed E-state index contributed by atoms with van der Waals surface area (Å²) in [6.07, 6.45) is 5.30. The van der Waals surface area contributed by atoms with Gasteiger partial charge >= 0.3 is 5.97 Å². The minimum Gasteiger partial charge on any atom is -0.481 e. The second kappa shape index (κ2) is 7.65. The van der Waals surface area contributed by atoms with E-state index in [0.717, 1.165) is 25.7 Å². The van der Waals surface area contributed by atoms with Gasteiger partial charge in [-0.2, -0.15) is 0 Å². The number of carbonyl (C=O) groups is 1. The van der Waals surface area contributed by atoms with Gasteiger partial charge in [0.1, 0.15) is 0 Å². The number of carboxylic acids is 1. The van der Waals surface area contributed by atoms with Gasteiger partial charge < -0.3 is 15.3 Å². The molecule has 0 aromatic heterocycles. The van der Waals surface area contributed by atoms with Crippen LogP contribution in [0.1, 0.15) is 58.3 Å². The number of hydrogen-bond acceptors (Lipinski definition) is 3. The van der Waals surface area contributed by atoms with Gasteiger partial charge in [0.05, 0.1) is 0 Å². The number of rotatable bonds is 9. The molecule has 0 rings (SSSR count). The molecule has 0 aliphatic carbocycles. The van der Waals surface area contributed by atoms with Crippen LogP contribution in [0.4, 0.5) is 0 Å². The van der Waals surface area contributed by atoms with Gasteiger partial charge in [0.2, 0.25) is 0 Å². The highest BCUT2D eigenvalue weighted by atomic mass is 16.5. The van der Waals surface area contributed by atoms with Crippen LogP contribution >= 0.6 is 0 Å². The molecule has 3 N–H and O–H groups in total. The molecule has 0 bridgehead atoms. The topological polar surface area (TPSA) is 77.8 Å². The molecule has 0 atom stereocenters. The molecule has 0 radical (unpaired) electrons. The smallest absolute Gasteiger partial charge is 0.303 e. The lowest BCUT2D eigenvalue weighted by Gasteiger charge is -2.19. The lowest BCUT2D eigenvalue weighted by molar-refractivity contribution is -0.167. The SMILES string of the molecule is CCC(O)(O)CCCCCCCC(=O)O. The molecule has 15 heavy (non-hydrogen) atoms. The molecular formula is C11H22O4. The Bertz CT molecular complexity index is 177. The van der Waals surface area contributed by atoms with Gasteiger partial charge in [-0.05, 0) is 19.3 Å². The predicted octanol–water partition coefficient (Wildman–Crippen LogP) is 1.89. The monoisotopic (exact) mass is 218 g/mol. The quantitative estimate of drug-likeness (QED) is 0.408. The van der Waals surface area contributed by atoms with Crippen LogP contribution in [0.15, 0.2) is 0 Å². The van der Waals surface area contributed by atoms with Crippen molar-refractivity contribution in [3.8, 4) is 0 Å². The molecule has 4 heteroatoms. The Balaban J connectivity index is 3.22. The first kappa shape index (κ1) is 14.4. The van der Waals surface area contributed by atoms with Crippen LogP contribution in [-0.2, 0) is 4.79 Å². The fraction of sp³-hybridized carbons (Fsp3) is 0.909. The summed E-state index contributed by atoms with van der Waals surface area (Å²) in [6, 6.07) is 0. The normalized spacial score (nSPS) is 11.7. The molecule has 90 valence electrons. The van der Waals surface area contributed by atoms with E-state index in [2.05, 4.69) is 0 Å². The molecule has 0 aliphatic heterocycles. The highest BCUT2D eigenvalue weighted by molar-refractivity contribution is 5.66. The van der Waals surface area contributed by atoms with Gasteiger partial charge in [-0.1, -0.05) is 26.2 Å². The molecule has 0 aromatic carbocycles. The zero-order valence-electron chi connectivity index (χ0n) is 9.41. The third kappa shape index (κ3) is 9.69. The van der Waals surface area contributed by atoms with Crippen LogP contribution in [0.3, 0.4) is 0 Å². The Kier molecular flexibility index (Phi) is 7.34. The Morgan fingerprint density at radius 3 is 2.13 bits per heavy atom. The number of hydrogen-bond donors (Lipinski definition) is 3. The average molecular weight is 218 g/mol. The minimum absolute atomic E-state index is 0.235. The first-order valence-electron chi connectivity index (χ1n) is 5.64.